The average Bonchev–Trinajstić information content (AvgIpc) is 3.56. The minimum atomic E-state index is -0.615. The molecule has 6 rings (SSSR count). The van der Waals surface area contributed by atoms with Gasteiger partial charge in [-0.2, -0.15) is 0 Å². The number of ether oxygens (including phenoxy) is 1. The first-order valence-electron chi connectivity index (χ1n) is 11.8. The molecule has 1 fully saturated rings. The van der Waals surface area contributed by atoms with E-state index in [1.165, 1.54) is 7.05 Å². The topological polar surface area (TPSA) is 123 Å². The molecule has 1 amide bonds. The Balaban J connectivity index is 1.59. The second-order valence-corrected chi connectivity index (χ2v) is 8.97. The molecule has 1 saturated carbocycles. The van der Waals surface area contributed by atoms with Crippen LogP contribution >= 0.6 is 0 Å². The Morgan fingerprint density at radius 1 is 1.11 bits per heavy atom. The number of nitrogens with two attached hydrogens (primary N) is 1. The fraction of sp³-hybridized carbons (Fsp3) is 0.185. The van der Waals surface area contributed by atoms with E-state index in [9.17, 15) is 4.79 Å². The van der Waals surface area contributed by atoms with Crippen molar-refractivity contribution in [2.75, 3.05) is 7.05 Å². The molecule has 0 saturated heterocycles. The minimum absolute atomic E-state index is 0.125. The van der Waals surface area contributed by atoms with Crippen molar-refractivity contribution in [3.05, 3.63) is 78.6 Å². The van der Waals surface area contributed by atoms with E-state index in [0.29, 0.717) is 17.0 Å². The summed E-state index contributed by atoms with van der Waals surface area (Å²) in [5, 5.41) is 7.11. The van der Waals surface area contributed by atoms with E-state index in [-0.39, 0.29) is 11.4 Å². The molecule has 3 aromatic heterocycles. The number of nitrogens with one attached hydrogen (secondary N) is 2. The molecule has 0 unspecified atom stereocenters. The number of hydrogen-bond donors (Lipinski definition) is 3. The smallest absolute Gasteiger partial charge is 0.390 e. The molecular formula is C27H25N7O2. The predicted molar refractivity (Wildman–Crippen MR) is 136 cm³/mol. The van der Waals surface area contributed by atoms with Crippen LogP contribution in [-0.2, 0) is 5.54 Å². The van der Waals surface area contributed by atoms with Gasteiger partial charge < -0.3 is 20.8 Å². The highest BCUT2D eigenvalue weighted by molar-refractivity contribution is 5.86. The lowest BCUT2D eigenvalue weighted by Crippen LogP contribution is -2.43. The van der Waals surface area contributed by atoms with E-state index in [2.05, 4.69) is 44.6 Å². The van der Waals surface area contributed by atoms with Crippen molar-refractivity contribution in [3.63, 3.8) is 0 Å². The first kappa shape index (κ1) is 22.0. The Hall–Kier alpha value is -4.50. The summed E-state index contributed by atoms with van der Waals surface area (Å²) >= 11 is 0. The molecule has 0 atom stereocenters. The third-order valence-corrected chi connectivity index (χ3v) is 6.74. The molecule has 36 heavy (non-hydrogen) atoms. The number of carbonyl (C=O) groups excluding carboxylic acids is 1. The summed E-state index contributed by atoms with van der Waals surface area (Å²) in [6.45, 7) is 0. The van der Waals surface area contributed by atoms with Gasteiger partial charge in [0.15, 0.2) is 5.65 Å². The van der Waals surface area contributed by atoms with E-state index in [0.717, 1.165) is 47.3 Å². The van der Waals surface area contributed by atoms with Crippen molar-refractivity contribution in [1.29, 1.82) is 0 Å². The number of aromatic amines is 1. The van der Waals surface area contributed by atoms with E-state index < -0.39 is 6.09 Å². The van der Waals surface area contributed by atoms with E-state index >= 15 is 0 Å². The predicted octanol–water partition coefficient (Wildman–Crippen LogP) is 4.51. The van der Waals surface area contributed by atoms with Gasteiger partial charge in [-0.05, 0) is 24.8 Å². The first-order valence-corrected chi connectivity index (χ1v) is 11.8. The Labute approximate surface area is 207 Å². The second-order valence-electron chi connectivity index (χ2n) is 8.97. The molecule has 3 heterocycles. The van der Waals surface area contributed by atoms with Crippen LogP contribution in [0.3, 0.4) is 0 Å². The zero-order valence-electron chi connectivity index (χ0n) is 19.7. The Kier molecular flexibility index (Phi) is 5.26. The van der Waals surface area contributed by atoms with Crippen molar-refractivity contribution in [2.45, 2.75) is 24.8 Å². The van der Waals surface area contributed by atoms with Gasteiger partial charge in [-0.15, -0.1) is 5.10 Å². The lowest BCUT2D eigenvalue weighted by molar-refractivity contribution is 0.200. The molecule has 0 bridgehead atoms. The van der Waals surface area contributed by atoms with Gasteiger partial charge in [0.25, 0.3) is 0 Å². The normalized spacial score (nSPS) is 14.4. The number of benzene rings is 2. The highest BCUT2D eigenvalue weighted by atomic mass is 16.6. The van der Waals surface area contributed by atoms with Crippen molar-refractivity contribution >= 4 is 11.7 Å². The Morgan fingerprint density at radius 2 is 1.89 bits per heavy atom. The summed E-state index contributed by atoms with van der Waals surface area (Å²) < 4.78 is 7.14. The monoisotopic (exact) mass is 479 g/mol. The van der Waals surface area contributed by atoms with Crippen LogP contribution in [0.1, 0.15) is 24.8 Å². The van der Waals surface area contributed by atoms with Crippen molar-refractivity contribution in [1.82, 2.24) is 29.9 Å². The lowest BCUT2D eigenvalue weighted by Gasteiger charge is -2.38. The van der Waals surface area contributed by atoms with Gasteiger partial charge in [0.05, 0.1) is 11.3 Å². The average molecular weight is 480 g/mol. The number of rotatable bonds is 5. The highest BCUT2D eigenvalue weighted by Crippen LogP contribution is 2.40. The highest BCUT2D eigenvalue weighted by Gasteiger charge is 2.34. The molecule has 9 nitrogen and oxygen atoms in total. The quantitative estimate of drug-likeness (QED) is 0.341. The summed E-state index contributed by atoms with van der Waals surface area (Å²) in [7, 11) is 1.50. The van der Waals surface area contributed by atoms with E-state index in [1.54, 1.807) is 23.0 Å². The van der Waals surface area contributed by atoms with Gasteiger partial charge in [-0.1, -0.05) is 54.6 Å². The van der Waals surface area contributed by atoms with Crippen LogP contribution < -0.4 is 15.8 Å². The van der Waals surface area contributed by atoms with Crippen LogP contribution in [0, 0.1) is 0 Å². The summed E-state index contributed by atoms with van der Waals surface area (Å²) in [5.41, 5.74) is 12.1. The van der Waals surface area contributed by atoms with Crippen LogP contribution in [0.4, 0.5) is 4.79 Å². The molecule has 5 aromatic rings. The standard InChI is InChI=1S/C27H25N7O2/c1-29-26(35)36-21-16-20(24-30-14-15-31-24)25-32-22(23(34(25)33-21)18-6-3-2-4-7-18)17-8-10-19(11-9-17)27(28)12-5-13-27/h2-4,6-11,14-16H,5,12-13,28H2,1H3,(H,29,35)(H,30,31). The van der Waals surface area contributed by atoms with Gasteiger partial charge in [0.1, 0.15) is 11.5 Å². The molecular weight excluding hydrogens is 454 g/mol. The van der Waals surface area contributed by atoms with Crippen LogP contribution in [0.25, 0.3) is 39.5 Å². The molecule has 1 aliphatic carbocycles. The molecule has 1 aliphatic rings. The molecule has 2 aromatic carbocycles. The molecule has 180 valence electrons. The van der Waals surface area contributed by atoms with Gasteiger partial charge in [-0.25, -0.2) is 19.3 Å². The van der Waals surface area contributed by atoms with Gasteiger partial charge in [0, 0.05) is 42.2 Å². The maximum absolute atomic E-state index is 12.0. The third-order valence-electron chi connectivity index (χ3n) is 6.74. The van der Waals surface area contributed by atoms with Crippen molar-refractivity contribution in [2.24, 2.45) is 5.73 Å². The molecule has 0 radical (unpaired) electrons. The summed E-state index contributed by atoms with van der Waals surface area (Å²) in [6.07, 6.45) is 5.94. The minimum Gasteiger partial charge on any atom is -0.390 e. The zero-order valence-corrected chi connectivity index (χ0v) is 19.7. The van der Waals surface area contributed by atoms with Crippen molar-refractivity contribution < 1.29 is 9.53 Å². The molecule has 9 heteroatoms. The summed E-state index contributed by atoms with van der Waals surface area (Å²) in [5.74, 6) is 0.713. The van der Waals surface area contributed by atoms with E-state index in [1.807, 2.05) is 30.3 Å². The van der Waals surface area contributed by atoms with Gasteiger partial charge >= 0.3 is 6.09 Å². The summed E-state index contributed by atoms with van der Waals surface area (Å²) in [4.78, 5) is 24.6. The lowest BCUT2D eigenvalue weighted by atomic mass is 9.72. The number of carbonyl (C=O) groups is 1. The number of nitrogens with zero attached hydrogens (tertiary/aromatic N) is 4. The van der Waals surface area contributed by atoms with E-state index in [4.69, 9.17) is 15.5 Å². The third kappa shape index (κ3) is 3.70. The fourth-order valence-corrected chi connectivity index (χ4v) is 4.64. The summed E-state index contributed by atoms with van der Waals surface area (Å²) in [6, 6.07) is 19.9. The maximum atomic E-state index is 12.0. The second kappa shape index (κ2) is 8.62. The number of imidazole rings is 2. The van der Waals surface area contributed by atoms with Crippen molar-refractivity contribution in [3.8, 4) is 39.8 Å². The molecule has 4 N–H and O–H groups in total. The first-order chi connectivity index (χ1) is 17.6. The van der Waals surface area contributed by atoms with Gasteiger partial charge in [0.2, 0.25) is 5.88 Å². The molecule has 0 spiro atoms. The molecule has 0 aliphatic heterocycles. The number of hydrogen-bond acceptors (Lipinski definition) is 6. The Bertz CT molecular complexity index is 1540. The van der Waals surface area contributed by atoms with Gasteiger partial charge in [-0.3, -0.25) is 0 Å². The van der Waals surface area contributed by atoms with Crippen LogP contribution in [-0.4, -0.2) is 37.7 Å². The van der Waals surface area contributed by atoms with Crippen LogP contribution in [0.5, 0.6) is 5.88 Å². The van der Waals surface area contributed by atoms with Crippen LogP contribution in [0.15, 0.2) is 73.1 Å². The fourth-order valence-electron chi connectivity index (χ4n) is 4.64. The number of amides is 1. The number of fused-ring (bicyclic) bond motifs is 1. The Morgan fingerprint density at radius 3 is 2.53 bits per heavy atom. The zero-order chi connectivity index (χ0) is 24.7. The SMILES string of the molecule is CNC(=O)Oc1cc(-c2ncc[nH]2)c2nc(-c3ccc(C4(N)CCC4)cc3)c(-c3ccccc3)n2n1. The maximum Gasteiger partial charge on any atom is 0.413 e. The van der Waals surface area contributed by atoms with Crippen LogP contribution in [0.2, 0.25) is 0 Å². The number of H-pyrrole nitrogens is 1. The number of aromatic nitrogens is 5. The largest absolute Gasteiger partial charge is 0.413 e.